The number of thioether (sulfide) groups is 1. The first kappa shape index (κ1) is 24.0. The molecule has 3 heterocycles. The number of ketones is 1. The van der Waals surface area contributed by atoms with Crippen molar-refractivity contribution in [2.75, 3.05) is 23.9 Å². The molecule has 0 N–H and O–H groups in total. The van der Waals surface area contributed by atoms with Crippen LogP contribution in [-0.4, -0.2) is 53.6 Å². The molecule has 33 heavy (non-hydrogen) atoms. The second kappa shape index (κ2) is 9.99. The number of rotatable bonds is 9. The minimum absolute atomic E-state index is 0.0982. The number of ether oxygens (including phenoxy) is 1. The molecule has 1 atom stereocenters. The van der Waals surface area contributed by atoms with Crippen LogP contribution in [0.25, 0.3) is 10.2 Å². The molecule has 0 spiro atoms. The molecule has 10 heteroatoms. The first-order chi connectivity index (χ1) is 15.7. The fourth-order valence-electron chi connectivity index (χ4n) is 4.19. The molecule has 3 aromatic rings. The van der Waals surface area contributed by atoms with E-state index in [9.17, 15) is 18.0 Å². The van der Waals surface area contributed by atoms with Gasteiger partial charge in [-0.05, 0) is 44.9 Å². The molecule has 0 saturated carbocycles. The Labute approximate surface area is 201 Å². The van der Waals surface area contributed by atoms with Gasteiger partial charge in [-0.25, -0.2) is 13.4 Å². The number of para-hydroxylation sites is 1. The van der Waals surface area contributed by atoms with Crippen molar-refractivity contribution in [2.45, 2.75) is 43.5 Å². The third kappa shape index (κ3) is 5.67. The fraction of sp³-hybridized carbons (Fsp3) is 0.435. The number of benzene rings is 1. The van der Waals surface area contributed by atoms with Crippen molar-refractivity contribution in [3.8, 4) is 0 Å². The van der Waals surface area contributed by atoms with Crippen molar-refractivity contribution < 1.29 is 22.7 Å². The van der Waals surface area contributed by atoms with Crippen LogP contribution in [0.1, 0.15) is 47.1 Å². The number of thiazole rings is 1. The molecule has 0 aliphatic carbocycles. The molecule has 1 saturated heterocycles. The van der Waals surface area contributed by atoms with Gasteiger partial charge in [0.15, 0.2) is 20.8 Å². The molecule has 1 aliphatic heterocycles. The number of sulfone groups is 1. The van der Waals surface area contributed by atoms with Gasteiger partial charge < -0.3 is 9.30 Å². The number of aryl methyl sites for hydroxylation is 1. The lowest BCUT2D eigenvalue weighted by Gasteiger charge is -2.16. The Hall–Kier alpha value is -2.17. The molecular formula is C23H26N2O5S3. The average molecular weight is 507 g/mol. The number of Topliss-reactive ketones (excluding diaryl/α,β-unsaturated/α-hetero) is 1. The molecule has 7 nitrogen and oxygen atoms in total. The van der Waals surface area contributed by atoms with Gasteiger partial charge in [0.05, 0.1) is 21.7 Å². The van der Waals surface area contributed by atoms with Crippen molar-refractivity contribution in [2.24, 2.45) is 0 Å². The van der Waals surface area contributed by atoms with Crippen LogP contribution in [0.5, 0.6) is 0 Å². The third-order valence-electron chi connectivity index (χ3n) is 5.75. The average Bonchev–Trinajstić information content (AvgIpc) is 3.43. The van der Waals surface area contributed by atoms with Gasteiger partial charge in [-0.1, -0.05) is 23.9 Å². The van der Waals surface area contributed by atoms with E-state index in [1.165, 1.54) is 0 Å². The number of hydrogen-bond donors (Lipinski definition) is 0. The number of carbonyl (C=O) groups excluding carboxylic acids is 2. The number of hydrogen-bond acceptors (Lipinski definition) is 8. The van der Waals surface area contributed by atoms with Crippen LogP contribution in [0.4, 0.5) is 0 Å². The van der Waals surface area contributed by atoms with Gasteiger partial charge in [-0.15, -0.1) is 11.3 Å². The molecule has 0 unspecified atom stereocenters. The van der Waals surface area contributed by atoms with E-state index in [1.54, 1.807) is 29.2 Å². The zero-order chi connectivity index (χ0) is 23.6. The zero-order valence-corrected chi connectivity index (χ0v) is 21.0. The quantitative estimate of drug-likeness (QED) is 0.184. The summed E-state index contributed by atoms with van der Waals surface area (Å²) in [6, 6.07) is 9.58. The first-order valence-electron chi connectivity index (χ1n) is 10.8. The zero-order valence-electron chi connectivity index (χ0n) is 18.6. The van der Waals surface area contributed by atoms with Crippen molar-refractivity contribution in [1.29, 1.82) is 0 Å². The summed E-state index contributed by atoms with van der Waals surface area (Å²) in [6.07, 6.45) is 1.43. The SMILES string of the molecule is Cc1cc(C(=O)COC(=O)CCCSc2nc3ccccc3s2)c(C)n1[C@H]1CCS(=O)(=O)C1. The maximum absolute atomic E-state index is 12.7. The number of fused-ring (bicyclic) bond motifs is 1. The molecular weight excluding hydrogens is 480 g/mol. The van der Waals surface area contributed by atoms with Gasteiger partial charge in [0.2, 0.25) is 5.78 Å². The van der Waals surface area contributed by atoms with Crippen LogP contribution < -0.4 is 0 Å². The van der Waals surface area contributed by atoms with E-state index in [-0.39, 0.29) is 36.4 Å². The third-order valence-corrected chi connectivity index (χ3v) is 9.76. The van der Waals surface area contributed by atoms with E-state index < -0.39 is 15.8 Å². The maximum Gasteiger partial charge on any atom is 0.306 e. The van der Waals surface area contributed by atoms with Crippen LogP contribution in [0.3, 0.4) is 0 Å². The highest BCUT2D eigenvalue weighted by molar-refractivity contribution is 8.01. The van der Waals surface area contributed by atoms with Crippen molar-refractivity contribution >= 4 is 54.9 Å². The van der Waals surface area contributed by atoms with E-state index >= 15 is 0 Å². The molecule has 0 bridgehead atoms. The number of aromatic nitrogens is 2. The topological polar surface area (TPSA) is 95.3 Å². The van der Waals surface area contributed by atoms with Crippen LogP contribution in [0.2, 0.25) is 0 Å². The van der Waals surface area contributed by atoms with E-state index in [4.69, 9.17) is 4.74 Å². The Morgan fingerprint density at radius 1 is 1.27 bits per heavy atom. The largest absolute Gasteiger partial charge is 0.457 e. The Morgan fingerprint density at radius 2 is 2.06 bits per heavy atom. The molecule has 1 fully saturated rings. The van der Waals surface area contributed by atoms with E-state index in [2.05, 4.69) is 4.98 Å². The van der Waals surface area contributed by atoms with E-state index in [0.29, 0.717) is 18.4 Å². The minimum Gasteiger partial charge on any atom is -0.457 e. The summed E-state index contributed by atoms with van der Waals surface area (Å²) in [6.45, 7) is 3.37. The van der Waals surface area contributed by atoms with Gasteiger partial charge in [0.1, 0.15) is 0 Å². The van der Waals surface area contributed by atoms with Crippen molar-refractivity contribution in [3.05, 3.63) is 47.3 Å². The predicted molar refractivity (Wildman–Crippen MR) is 131 cm³/mol. The maximum atomic E-state index is 12.7. The summed E-state index contributed by atoms with van der Waals surface area (Å²) < 4.78 is 32.9. The highest BCUT2D eigenvalue weighted by Crippen LogP contribution is 2.30. The van der Waals surface area contributed by atoms with Crippen LogP contribution in [0.15, 0.2) is 34.7 Å². The van der Waals surface area contributed by atoms with E-state index in [1.807, 2.05) is 42.7 Å². The predicted octanol–water partition coefficient (Wildman–Crippen LogP) is 4.37. The number of esters is 1. The van der Waals surface area contributed by atoms with Crippen LogP contribution >= 0.6 is 23.1 Å². The molecule has 176 valence electrons. The van der Waals surface area contributed by atoms with Gasteiger partial charge in [0.25, 0.3) is 0 Å². The molecule has 4 rings (SSSR count). The second-order valence-corrected chi connectivity index (χ2v) is 12.8. The summed E-state index contributed by atoms with van der Waals surface area (Å²) in [7, 11) is -3.03. The first-order valence-corrected chi connectivity index (χ1v) is 14.4. The molecule has 2 aromatic heterocycles. The number of nitrogens with zero attached hydrogens (tertiary/aromatic N) is 2. The van der Waals surface area contributed by atoms with Gasteiger partial charge in [0, 0.05) is 35.2 Å². The van der Waals surface area contributed by atoms with Crippen LogP contribution in [0, 0.1) is 13.8 Å². The lowest BCUT2D eigenvalue weighted by Crippen LogP contribution is -2.17. The van der Waals surface area contributed by atoms with Crippen molar-refractivity contribution in [3.63, 3.8) is 0 Å². The molecule has 1 aliphatic rings. The summed E-state index contributed by atoms with van der Waals surface area (Å²) >= 11 is 3.25. The lowest BCUT2D eigenvalue weighted by atomic mass is 10.1. The number of carbonyl (C=O) groups is 2. The highest BCUT2D eigenvalue weighted by Gasteiger charge is 2.31. The monoisotopic (exact) mass is 506 g/mol. The summed E-state index contributed by atoms with van der Waals surface area (Å²) in [5.74, 6) is 0.346. The van der Waals surface area contributed by atoms with Gasteiger partial charge in [-0.3, -0.25) is 9.59 Å². The highest BCUT2D eigenvalue weighted by atomic mass is 32.2. The van der Waals surface area contributed by atoms with Gasteiger partial charge in [-0.2, -0.15) is 0 Å². The van der Waals surface area contributed by atoms with E-state index in [0.717, 1.165) is 31.7 Å². The smallest absolute Gasteiger partial charge is 0.306 e. The summed E-state index contributed by atoms with van der Waals surface area (Å²) in [4.78, 5) is 29.3. The summed E-state index contributed by atoms with van der Waals surface area (Å²) in [5, 5.41) is 0. The normalized spacial score (nSPS) is 17.5. The summed E-state index contributed by atoms with van der Waals surface area (Å²) in [5.41, 5.74) is 3.03. The standard InChI is InChI=1S/C23H26N2O5S3/c1-15-12-18(16(2)25(15)17-9-11-33(28,29)14-17)20(26)13-30-22(27)8-5-10-31-23-24-19-6-3-4-7-21(19)32-23/h3-4,6-7,12,17H,5,8-11,13-14H2,1-2H3/t17-/m0/s1. The molecule has 0 radical (unpaired) electrons. The lowest BCUT2D eigenvalue weighted by molar-refractivity contribution is -0.142. The van der Waals surface area contributed by atoms with Crippen molar-refractivity contribution in [1.82, 2.24) is 9.55 Å². The molecule has 1 aromatic carbocycles. The molecule has 0 amide bonds. The fourth-order valence-corrected chi connectivity index (χ4v) is 7.96. The Kier molecular flexibility index (Phi) is 7.25. The Balaban J connectivity index is 1.24. The van der Waals surface area contributed by atoms with Crippen LogP contribution in [-0.2, 0) is 19.4 Å². The van der Waals surface area contributed by atoms with Gasteiger partial charge >= 0.3 is 5.97 Å². The second-order valence-electron chi connectivity index (χ2n) is 8.20. The Morgan fingerprint density at radius 3 is 2.79 bits per heavy atom. The Bertz CT molecular complexity index is 1260. The minimum atomic E-state index is -3.03.